The van der Waals surface area contributed by atoms with Gasteiger partial charge in [0.05, 0.1) is 16.7 Å². The van der Waals surface area contributed by atoms with Crippen molar-refractivity contribution in [2.45, 2.75) is 26.8 Å². The van der Waals surface area contributed by atoms with Gasteiger partial charge in [-0.2, -0.15) is 0 Å². The number of carboxylic acids is 1. The van der Waals surface area contributed by atoms with E-state index in [1.165, 1.54) is 0 Å². The molecule has 112 valence electrons. The van der Waals surface area contributed by atoms with E-state index in [4.69, 9.17) is 11.6 Å². The van der Waals surface area contributed by atoms with Crippen molar-refractivity contribution in [2.24, 2.45) is 0 Å². The van der Waals surface area contributed by atoms with E-state index in [0.29, 0.717) is 5.02 Å². The van der Waals surface area contributed by atoms with Crippen molar-refractivity contribution in [2.75, 3.05) is 11.4 Å². The van der Waals surface area contributed by atoms with E-state index in [9.17, 15) is 9.90 Å². The van der Waals surface area contributed by atoms with Crippen molar-refractivity contribution in [3.05, 3.63) is 44.9 Å². The molecule has 2 rings (SSSR count). The molecule has 0 saturated heterocycles. The number of hydrogen-bond acceptors (Lipinski definition) is 4. The summed E-state index contributed by atoms with van der Waals surface area (Å²) in [6.45, 7) is 5.82. The van der Waals surface area contributed by atoms with Gasteiger partial charge in [0.25, 0.3) is 0 Å². The number of carboxylic acid groups (broad SMARTS) is 1. The van der Waals surface area contributed by atoms with Crippen molar-refractivity contribution in [3.63, 3.8) is 0 Å². The standard InChI is InChI=1S/C15H17ClN2O2S/c1-9(15-10(2)21-11(3)17-15)18(8-14(19)20)13-6-4-5-12(16)7-13/h4-7,9H,8H2,1-3H3,(H,19,20). The van der Waals surface area contributed by atoms with Gasteiger partial charge >= 0.3 is 5.97 Å². The second-order valence-corrected chi connectivity index (χ2v) is 6.70. The summed E-state index contributed by atoms with van der Waals surface area (Å²) in [5.41, 5.74) is 1.70. The number of anilines is 1. The molecule has 1 N–H and O–H groups in total. The summed E-state index contributed by atoms with van der Waals surface area (Å²) in [6.07, 6.45) is 0. The Kier molecular flexibility index (Phi) is 4.85. The molecule has 0 amide bonds. The van der Waals surface area contributed by atoms with Crippen LogP contribution in [0.5, 0.6) is 0 Å². The molecule has 0 aliphatic rings. The molecule has 21 heavy (non-hydrogen) atoms. The van der Waals surface area contributed by atoms with Crippen molar-refractivity contribution < 1.29 is 9.90 Å². The van der Waals surface area contributed by atoms with E-state index in [1.54, 1.807) is 28.4 Å². The molecule has 4 nitrogen and oxygen atoms in total. The summed E-state index contributed by atoms with van der Waals surface area (Å²) in [5.74, 6) is -0.883. The fraction of sp³-hybridized carbons (Fsp3) is 0.333. The number of aliphatic carboxylic acids is 1. The number of nitrogens with zero attached hydrogens (tertiary/aromatic N) is 2. The highest BCUT2D eigenvalue weighted by atomic mass is 35.5. The lowest BCUT2D eigenvalue weighted by Gasteiger charge is -2.29. The first-order valence-electron chi connectivity index (χ1n) is 6.56. The summed E-state index contributed by atoms with van der Waals surface area (Å²) in [5, 5.41) is 10.8. The van der Waals surface area contributed by atoms with Gasteiger partial charge in [0, 0.05) is 15.6 Å². The Morgan fingerprint density at radius 2 is 2.19 bits per heavy atom. The van der Waals surface area contributed by atoms with Crippen molar-refractivity contribution in [3.8, 4) is 0 Å². The highest BCUT2D eigenvalue weighted by molar-refractivity contribution is 7.11. The van der Waals surface area contributed by atoms with Crippen LogP contribution in [0.2, 0.25) is 5.02 Å². The number of carbonyl (C=O) groups is 1. The summed E-state index contributed by atoms with van der Waals surface area (Å²) in [6, 6.07) is 7.09. The zero-order valence-corrected chi connectivity index (χ0v) is 13.7. The van der Waals surface area contributed by atoms with Crippen LogP contribution in [0.15, 0.2) is 24.3 Å². The number of aromatic nitrogens is 1. The third kappa shape index (κ3) is 3.74. The molecule has 1 aromatic heterocycles. The Hall–Kier alpha value is -1.59. The fourth-order valence-electron chi connectivity index (χ4n) is 2.33. The Morgan fingerprint density at radius 3 is 2.71 bits per heavy atom. The minimum absolute atomic E-state index is 0.0997. The van der Waals surface area contributed by atoms with Crippen LogP contribution in [0, 0.1) is 13.8 Å². The van der Waals surface area contributed by atoms with Crippen LogP contribution in [0.1, 0.15) is 28.5 Å². The lowest BCUT2D eigenvalue weighted by molar-refractivity contribution is -0.135. The molecule has 0 bridgehead atoms. The van der Waals surface area contributed by atoms with Crippen molar-refractivity contribution >= 4 is 34.6 Å². The van der Waals surface area contributed by atoms with Crippen LogP contribution >= 0.6 is 22.9 Å². The maximum absolute atomic E-state index is 11.2. The maximum atomic E-state index is 11.2. The van der Waals surface area contributed by atoms with E-state index < -0.39 is 5.97 Å². The monoisotopic (exact) mass is 324 g/mol. The Bertz CT molecular complexity index is 657. The molecule has 0 saturated carbocycles. The van der Waals surface area contributed by atoms with Crippen LogP contribution in [-0.2, 0) is 4.79 Å². The minimum atomic E-state index is -0.883. The van der Waals surface area contributed by atoms with E-state index >= 15 is 0 Å². The summed E-state index contributed by atoms with van der Waals surface area (Å²) >= 11 is 7.64. The van der Waals surface area contributed by atoms with Crippen molar-refractivity contribution in [1.82, 2.24) is 4.98 Å². The van der Waals surface area contributed by atoms with Gasteiger partial charge < -0.3 is 10.0 Å². The molecule has 0 aliphatic carbocycles. The molecular weight excluding hydrogens is 308 g/mol. The molecule has 0 spiro atoms. The smallest absolute Gasteiger partial charge is 0.323 e. The average Bonchev–Trinajstić information content (AvgIpc) is 2.74. The van der Waals surface area contributed by atoms with Gasteiger partial charge in [0.2, 0.25) is 0 Å². The molecule has 0 fully saturated rings. The van der Waals surface area contributed by atoms with Crippen LogP contribution in [0.25, 0.3) is 0 Å². The third-order valence-electron chi connectivity index (χ3n) is 3.25. The first-order chi connectivity index (χ1) is 9.88. The lowest BCUT2D eigenvalue weighted by atomic mass is 10.1. The molecule has 1 unspecified atom stereocenters. The predicted molar refractivity (Wildman–Crippen MR) is 86.4 cm³/mol. The zero-order valence-electron chi connectivity index (χ0n) is 12.1. The molecule has 0 radical (unpaired) electrons. The quantitative estimate of drug-likeness (QED) is 0.901. The molecule has 1 heterocycles. The number of thiazole rings is 1. The number of aryl methyl sites for hydroxylation is 2. The van der Waals surface area contributed by atoms with Gasteiger partial charge in [-0.3, -0.25) is 4.79 Å². The second kappa shape index (κ2) is 6.45. The van der Waals surface area contributed by atoms with E-state index in [2.05, 4.69) is 4.98 Å². The van der Waals surface area contributed by atoms with E-state index in [1.807, 2.05) is 32.9 Å². The minimum Gasteiger partial charge on any atom is -0.480 e. The molecule has 0 aliphatic heterocycles. The number of benzene rings is 1. The van der Waals surface area contributed by atoms with Crippen molar-refractivity contribution in [1.29, 1.82) is 0 Å². The normalized spacial score (nSPS) is 12.2. The largest absolute Gasteiger partial charge is 0.480 e. The summed E-state index contributed by atoms with van der Waals surface area (Å²) in [4.78, 5) is 18.6. The Morgan fingerprint density at radius 1 is 1.48 bits per heavy atom. The summed E-state index contributed by atoms with van der Waals surface area (Å²) < 4.78 is 0. The van der Waals surface area contributed by atoms with Crippen LogP contribution in [0.3, 0.4) is 0 Å². The number of hydrogen-bond donors (Lipinski definition) is 1. The molecule has 1 aromatic carbocycles. The molecule has 2 aromatic rings. The SMILES string of the molecule is Cc1nc(C(C)N(CC(=O)O)c2cccc(Cl)c2)c(C)s1. The van der Waals surface area contributed by atoms with E-state index in [0.717, 1.165) is 21.3 Å². The predicted octanol–water partition coefficient (Wildman–Crippen LogP) is 4.07. The highest BCUT2D eigenvalue weighted by Gasteiger charge is 2.23. The third-order valence-corrected chi connectivity index (χ3v) is 4.39. The van der Waals surface area contributed by atoms with Gasteiger partial charge in [0.15, 0.2) is 0 Å². The summed E-state index contributed by atoms with van der Waals surface area (Å²) in [7, 11) is 0. The maximum Gasteiger partial charge on any atom is 0.323 e. The van der Waals surface area contributed by atoms with Crippen LogP contribution < -0.4 is 4.90 Å². The van der Waals surface area contributed by atoms with E-state index in [-0.39, 0.29) is 12.6 Å². The number of rotatable bonds is 5. The van der Waals surface area contributed by atoms with Gasteiger partial charge in [-0.05, 0) is 39.0 Å². The molecule has 1 atom stereocenters. The second-order valence-electron chi connectivity index (χ2n) is 4.85. The average molecular weight is 325 g/mol. The fourth-order valence-corrected chi connectivity index (χ4v) is 3.42. The van der Waals surface area contributed by atoms with Gasteiger partial charge in [0.1, 0.15) is 6.54 Å². The molecular formula is C15H17ClN2O2S. The zero-order chi connectivity index (χ0) is 15.6. The lowest BCUT2D eigenvalue weighted by Crippen LogP contribution is -2.32. The van der Waals surface area contributed by atoms with Gasteiger partial charge in [-0.15, -0.1) is 11.3 Å². The Labute approximate surface area is 133 Å². The van der Waals surface area contributed by atoms with Crippen LogP contribution in [0.4, 0.5) is 5.69 Å². The first-order valence-corrected chi connectivity index (χ1v) is 7.76. The topological polar surface area (TPSA) is 53.4 Å². The van der Waals surface area contributed by atoms with Gasteiger partial charge in [-0.1, -0.05) is 17.7 Å². The van der Waals surface area contributed by atoms with Crippen LogP contribution in [-0.4, -0.2) is 22.6 Å². The van der Waals surface area contributed by atoms with Gasteiger partial charge in [-0.25, -0.2) is 4.98 Å². The Balaban J connectivity index is 2.40. The number of halogens is 1. The highest BCUT2D eigenvalue weighted by Crippen LogP contribution is 2.31. The first kappa shape index (κ1) is 15.8. The molecule has 6 heteroatoms.